The molecular weight excluding hydrogens is 1780 g/mol. The first-order chi connectivity index (χ1) is 62.9. The maximum Gasteiger partial charge on any atom is 1.00 e. The molecule has 5 aromatic carbocycles. The maximum absolute atomic E-state index is 12.6. The Bertz CT molecular complexity index is 4350. The minimum absolute atomic E-state index is 0. The molecule has 26 heteroatoms. The molecule has 9 aliphatic rings. The number of fused-ring (bicyclic) bond motifs is 13. The molecular formula is C111H185BCl2N6NaO16. The molecule has 0 bridgehead atoms. The molecule has 13 atom stereocenters. The van der Waals surface area contributed by atoms with Crippen LogP contribution in [0.5, 0.6) is 46.0 Å². The summed E-state index contributed by atoms with van der Waals surface area (Å²) in [7, 11) is 15.1. The maximum atomic E-state index is 12.6. The van der Waals surface area contributed by atoms with E-state index in [0.29, 0.717) is 102 Å². The number of Topliss-reactive ketones (excluding diaryl/α,β-unsaturated/α-hetero) is 3. The quantitative estimate of drug-likeness (QED) is 0.0211. The van der Waals surface area contributed by atoms with Crippen molar-refractivity contribution in [1.82, 2.24) is 24.5 Å². The SMILES string of the molecule is C.CC(=O)C(CC(C)C)CN(C)C.CC(=O)CCC(C)C.CCC.CCC(C)C[C@@H]1CN2CCc3cc(OC)c(OC)cc3[C@H]2CC1O.CO.COc1cc2c(cc1C)C=NCC2.COc1cc2c(cc1C)[C@H]1CC(=O)[C@H](CC(C)C)CN1CC2.COc1cc2c(cc1O)CCN1C[C@@H](CC(C)C)C(O)C[C@H]21.COc1cc2c(cc1OCCCO)CCN1C[C@@H](CC(C)C)C(O)C[C@H]21.Cl.Cl.[B].[H-].[Na+]. The summed E-state index contributed by atoms with van der Waals surface area (Å²) in [6.45, 7) is 48.6. The Kier molecular flexibility index (Phi) is 62.0. The average Bonchev–Trinajstić information content (AvgIpc) is 0.772. The van der Waals surface area contributed by atoms with Crippen LogP contribution in [0.3, 0.4) is 0 Å². The van der Waals surface area contributed by atoms with Crippen LogP contribution in [0.4, 0.5) is 0 Å². The van der Waals surface area contributed by atoms with Crippen LogP contribution >= 0.6 is 24.8 Å². The second kappa shape index (κ2) is 65.6. The third kappa shape index (κ3) is 39.5. The van der Waals surface area contributed by atoms with E-state index in [1.54, 1.807) is 56.5 Å². The van der Waals surface area contributed by atoms with Crippen LogP contribution in [0, 0.1) is 78.9 Å². The van der Waals surface area contributed by atoms with Gasteiger partial charge in [-0.1, -0.05) is 123 Å². The summed E-state index contributed by atoms with van der Waals surface area (Å²) < 4.78 is 38.3. The number of carbonyl (C=O) groups is 3. The molecule has 0 spiro atoms. The van der Waals surface area contributed by atoms with Gasteiger partial charge in [-0.2, -0.15) is 0 Å². The number of phenols is 1. The largest absolute Gasteiger partial charge is 1.00 e. The molecule has 4 saturated heterocycles. The van der Waals surface area contributed by atoms with Gasteiger partial charge in [-0.3, -0.25) is 34.2 Å². The van der Waals surface area contributed by atoms with Crippen molar-refractivity contribution in [2.24, 2.45) is 70.1 Å². The second-order valence-corrected chi connectivity index (χ2v) is 40.9. The van der Waals surface area contributed by atoms with Gasteiger partial charge in [0, 0.05) is 149 Å². The Labute approximate surface area is 866 Å². The Morgan fingerprint density at radius 3 is 1.29 bits per heavy atom. The number of phenolic OH excluding ortho intramolecular Hbond substituents is 1. The van der Waals surface area contributed by atoms with Gasteiger partial charge in [-0.15, -0.1) is 24.8 Å². The van der Waals surface area contributed by atoms with Crippen molar-refractivity contribution in [3.8, 4) is 46.0 Å². The van der Waals surface area contributed by atoms with Crippen LogP contribution < -0.4 is 62.7 Å². The van der Waals surface area contributed by atoms with Crippen LogP contribution in [0.1, 0.15) is 300 Å². The molecule has 9 heterocycles. The van der Waals surface area contributed by atoms with Gasteiger partial charge in [-0.25, -0.2) is 0 Å². The molecule has 3 radical (unpaired) electrons. The van der Waals surface area contributed by atoms with Gasteiger partial charge < -0.3 is 74.9 Å². The molecule has 0 aromatic heterocycles. The number of hydrogen-bond acceptors (Lipinski definition) is 22. The smallest absolute Gasteiger partial charge is 1.00 e. The molecule has 773 valence electrons. The zero-order chi connectivity index (χ0) is 97.9. The molecule has 14 rings (SSSR count). The van der Waals surface area contributed by atoms with Crippen LogP contribution in [0.25, 0.3) is 0 Å². The number of rotatable bonds is 27. The molecule has 4 fully saturated rings. The molecule has 6 N–H and O–H groups in total. The van der Waals surface area contributed by atoms with Gasteiger partial charge >= 0.3 is 29.6 Å². The van der Waals surface area contributed by atoms with Gasteiger partial charge in [0.15, 0.2) is 34.5 Å². The van der Waals surface area contributed by atoms with Gasteiger partial charge in [0.05, 0.1) is 67.6 Å². The van der Waals surface area contributed by atoms with Crippen LogP contribution in [-0.4, -0.2) is 248 Å². The zero-order valence-corrected chi connectivity index (χ0v) is 92.6. The predicted molar refractivity (Wildman–Crippen MR) is 565 cm³/mol. The van der Waals surface area contributed by atoms with Crippen molar-refractivity contribution >= 4 is 56.8 Å². The van der Waals surface area contributed by atoms with Gasteiger partial charge in [0.2, 0.25) is 0 Å². The molecule has 0 saturated carbocycles. The number of piperidine rings is 4. The number of halogens is 2. The molecule has 5 unspecified atom stereocenters. The normalized spacial score (nSPS) is 21.6. The summed E-state index contributed by atoms with van der Waals surface area (Å²) in [6, 6.07) is 22.0. The number of aliphatic hydroxyl groups excluding tert-OH is 5. The van der Waals surface area contributed by atoms with E-state index in [4.69, 9.17) is 43.4 Å². The number of methoxy groups -OCH3 is 6. The van der Waals surface area contributed by atoms with Crippen molar-refractivity contribution in [3.05, 3.63) is 127 Å². The van der Waals surface area contributed by atoms with Crippen LogP contribution in [-0.2, 0) is 46.5 Å². The number of ketones is 3. The standard InChI is InChI=1S/C21H33NO4.C20H31NO3.C19H27NO2.C18H27NO3.C11H13NO.C10H21NO.C7H14O.C3H8.CH4O.CH4.B.2ClH.Na.H/c1-14(2)9-16-13-22-6-5-15-10-21(26-8-4-7-23)20(25-3)11-17(15)18(22)12-19(16)24;1-5-13(2)8-15-12-21-7-6-14-9-19(23-3)20(24-4)10-16(14)17(21)11-18(15)22;1-12(2)7-15-11-20-6-5-14-9-19(22-4)13(3)8-16(14)17(20)10-18(15)21;1-11(2)6-13-10-19-5-4-12-7-17(21)18(22-3)8-14(12)15(19)9-16(13)20;1-8-5-10-7-12-4-3-9(10)6-11(8)13-2;1-8(2)6-10(9(3)12)7-11(4)5;1-6(2)4-5-7(3)8;1-3-2;1-2;;;;;;/h10-11,14,16,18-19,23-24H,4-9,12-13H2,1-3H3;9-10,13,15,17-18,22H,5-8,11-12H2,1-4H3;8-9,12,15,17H,5-7,10-11H2,1-4H3;7-8,11,13,15-16,20-21H,4-6,9-10H2,1-3H3;5-7H,3-4H2,1-2H3;8,10H,6-7H2,1-5H3;6H,4-5H2,1-3H3;3H2,1-2H3;2H,1H3;1H4;;2*1H;;/q;;;;;;;;;;;;;+1;-1/t16-,18-,19?;13?,15-,17-,18?;15-,17-;13-,15-,16?;;;;;;;;;;;/m1111.........../s1. The van der Waals surface area contributed by atoms with Crippen molar-refractivity contribution in [1.29, 1.82) is 0 Å². The number of carbonyl (C=O) groups excluding carboxylic acids is 3. The number of nitrogens with zero attached hydrogens (tertiary/aromatic N) is 6. The van der Waals surface area contributed by atoms with E-state index in [1.807, 2.05) is 32.4 Å². The topological polar surface area (TPSA) is 266 Å². The number of aromatic hydroxyl groups is 1. The van der Waals surface area contributed by atoms with Crippen LogP contribution in [0.15, 0.2) is 65.7 Å². The molecule has 22 nitrogen and oxygen atoms in total. The Hall–Kier alpha value is -5.58. The van der Waals surface area contributed by atoms with Crippen LogP contribution in [0.2, 0.25) is 0 Å². The second-order valence-electron chi connectivity index (χ2n) is 40.9. The van der Waals surface area contributed by atoms with Gasteiger partial charge in [-0.05, 0) is 306 Å². The molecule has 9 aliphatic heterocycles. The van der Waals surface area contributed by atoms with E-state index in [-0.39, 0.29) is 132 Å². The summed E-state index contributed by atoms with van der Waals surface area (Å²) >= 11 is 0. The van der Waals surface area contributed by atoms with E-state index in [9.17, 15) is 34.8 Å². The van der Waals surface area contributed by atoms with E-state index in [0.717, 1.165) is 203 Å². The fourth-order valence-corrected chi connectivity index (χ4v) is 20.5. The number of hydrogen-bond donors (Lipinski definition) is 6. The number of aryl methyl sites for hydroxylation is 2. The van der Waals surface area contributed by atoms with Crippen molar-refractivity contribution in [3.63, 3.8) is 0 Å². The predicted octanol–water partition coefficient (Wildman–Crippen LogP) is 17.5. The number of aliphatic hydroxyl groups is 5. The first-order valence-electron chi connectivity index (χ1n) is 49.9. The zero-order valence-electron chi connectivity index (χ0n) is 90.0. The summed E-state index contributed by atoms with van der Waals surface area (Å²) in [5.41, 5.74) is 15.2. The first kappa shape index (κ1) is 129. The fourth-order valence-electron chi connectivity index (χ4n) is 20.5. The van der Waals surface area contributed by atoms with Gasteiger partial charge in [0.1, 0.15) is 28.8 Å². The van der Waals surface area contributed by atoms with Crippen molar-refractivity contribution in [2.75, 3.05) is 143 Å². The monoisotopic (exact) mass is 1960 g/mol. The molecule has 0 amide bonds. The molecule has 5 aromatic rings. The minimum atomic E-state index is -0.241. The Morgan fingerprint density at radius 2 is 0.898 bits per heavy atom. The van der Waals surface area contributed by atoms with E-state index in [1.165, 1.54) is 79.6 Å². The Morgan fingerprint density at radius 1 is 0.511 bits per heavy atom. The van der Waals surface area contributed by atoms with E-state index in [2.05, 4.69) is 189 Å². The molecule has 137 heavy (non-hydrogen) atoms. The van der Waals surface area contributed by atoms with Gasteiger partial charge in [0.25, 0.3) is 0 Å². The number of ether oxygens (including phenoxy) is 7. The summed E-state index contributed by atoms with van der Waals surface area (Å²) in [4.78, 5) is 50.5. The van der Waals surface area contributed by atoms with E-state index >= 15 is 0 Å². The first-order valence-corrected chi connectivity index (χ1v) is 49.9. The summed E-state index contributed by atoms with van der Waals surface area (Å²) in [5, 5.41) is 57.9. The van der Waals surface area contributed by atoms with Crippen molar-refractivity contribution < 1.29 is 109 Å². The summed E-state index contributed by atoms with van der Waals surface area (Å²) in [5.74, 6) is 12.2. The average molecular weight is 1960 g/mol. The van der Waals surface area contributed by atoms with E-state index < -0.39 is 0 Å². The number of benzene rings is 5. The minimum Gasteiger partial charge on any atom is -1.00 e. The third-order valence-electron chi connectivity index (χ3n) is 27.4. The number of aliphatic imine (C=N–C) groups is 1. The van der Waals surface area contributed by atoms with Crippen molar-refractivity contribution in [2.45, 2.75) is 297 Å². The fraction of sp³-hybridized carbons (Fsp3) is 0.694. The molecule has 0 aliphatic carbocycles. The third-order valence-corrected chi connectivity index (χ3v) is 27.4. The summed E-state index contributed by atoms with van der Waals surface area (Å²) in [6.07, 6.45) is 19.6. The Balaban J connectivity index is 0.00000160.